The summed E-state index contributed by atoms with van der Waals surface area (Å²) >= 11 is 0. The van der Waals surface area contributed by atoms with Gasteiger partial charge in [-0.1, -0.05) is 97.1 Å². The van der Waals surface area contributed by atoms with E-state index in [4.69, 9.17) is 9.47 Å². The number of nitrogens with zero attached hydrogens (tertiary/aromatic N) is 1. The fourth-order valence-corrected chi connectivity index (χ4v) is 8.90. The van der Waals surface area contributed by atoms with Crippen LogP contribution < -0.4 is 20.0 Å². The lowest BCUT2D eigenvalue weighted by Crippen LogP contribution is -2.31. The molecule has 0 amide bonds. The summed E-state index contributed by atoms with van der Waals surface area (Å²) in [6, 6.07) is 34.8. The minimum atomic E-state index is 0.380. The van der Waals surface area contributed by atoms with E-state index in [0.717, 1.165) is 65.0 Å². The zero-order valence-electron chi connectivity index (χ0n) is 27.0. The van der Waals surface area contributed by atoms with Gasteiger partial charge in [-0.25, -0.2) is 0 Å². The van der Waals surface area contributed by atoms with Gasteiger partial charge in [0.2, 0.25) is 0 Å². The number of rotatable bonds is 2. The van der Waals surface area contributed by atoms with Gasteiger partial charge in [0.25, 0.3) is 0 Å². The first-order valence-electron chi connectivity index (χ1n) is 17.5. The van der Waals surface area contributed by atoms with Crippen molar-refractivity contribution in [2.45, 2.75) is 31.6 Å². The second kappa shape index (κ2) is 10.3. The molecule has 11 rings (SSSR count). The SMILES string of the molecule is C1=CC2C3=C(CCC(n4c5c(c6cc(-c7ccc8c(c7)Oc7cc9ccccc9cc7O8)ccc64)=CCCC=5)=C3)c3ccccc3C2C=C1. The number of allylic oxidation sites excluding steroid dienone is 8. The number of ether oxygens (including phenoxy) is 2. The predicted molar refractivity (Wildman–Crippen MR) is 200 cm³/mol. The minimum absolute atomic E-state index is 0.380. The highest BCUT2D eigenvalue weighted by molar-refractivity contribution is 5.92. The first-order chi connectivity index (χ1) is 24.3. The van der Waals surface area contributed by atoms with Crippen LogP contribution >= 0.6 is 0 Å². The Hall–Kier alpha value is -5.80. The standard InChI is InChI=1S/C46H33NO2/c1-2-10-29-25-46-45(24-28(29)9-1)48-43-22-18-31(26-44(43)49-46)30-17-21-42-40(23-30)38-15-7-8-16-41(38)47(42)32-19-20-37-35-13-4-3-11-33(35)34-12-5-6-14-36(34)39(37)27-32/h1-6,9-18,21-27,34,36H,7-8,19-20H2. The van der Waals surface area contributed by atoms with Gasteiger partial charge in [-0.2, -0.15) is 0 Å². The van der Waals surface area contributed by atoms with Gasteiger partial charge in [-0.3, -0.25) is 0 Å². The molecule has 0 saturated carbocycles. The van der Waals surface area contributed by atoms with Crippen molar-refractivity contribution in [3.05, 3.63) is 155 Å². The summed E-state index contributed by atoms with van der Waals surface area (Å²) in [5, 5.41) is 6.28. The quantitative estimate of drug-likeness (QED) is 0.190. The summed E-state index contributed by atoms with van der Waals surface area (Å²) in [6.07, 6.45) is 20.9. The summed E-state index contributed by atoms with van der Waals surface area (Å²) in [4.78, 5) is 0. The van der Waals surface area contributed by atoms with Crippen molar-refractivity contribution < 1.29 is 9.47 Å². The van der Waals surface area contributed by atoms with Crippen LogP contribution in [-0.4, -0.2) is 4.57 Å². The Morgan fingerprint density at radius 1 is 0.612 bits per heavy atom. The Morgan fingerprint density at radius 3 is 2.20 bits per heavy atom. The zero-order chi connectivity index (χ0) is 32.1. The Balaban J connectivity index is 1.01. The van der Waals surface area contributed by atoms with Crippen LogP contribution in [0.4, 0.5) is 0 Å². The fraction of sp³-hybridized carbons (Fsp3) is 0.130. The summed E-state index contributed by atoms with van der Waals surface area (Å²) in [6.45, 7) is 0. The number of fused-ring (bicyclic) bond motifs is 11. The molecule has 3 heteroatoms. The maximum atomic E-state index is 6.45. The van der Waals surface area contributed by atoms with E-state index in [1.165, 1.54) is 55.0 Å². The molecule has 0 N–H and O–H groups in total. The molecule has 1 aromatic heterocycles. The average molecular weight is 632 g/mol. The van der Waals surface area contributed by atoms with Crippen molar-refractivity contribution in [1.82, 2.24) is 4.57 Å². The summed E-state index contributed by atoms with van der Waals surface area (Å²) < 4.78 is 15.3. The van der Waals surface area contributed by atoms with Gasteiger partial charge in [0.1, 0.15) is 0 Å². The molecule has 5 aromatic carbocycles. The van der Waals surface area contributed by atoms with Crippen LogP contribution in [0.1, 0.15) is 42.7 Å². The predicted octanol–water partition coefficient (Wildman–Crippen LogP) is 10.6. The number of hydrogen-bond donors (Lipinski definition) is 0. The Kier molecular flexibility index (Phi) is 5.74. The van der Waals surface area contributed by atoms with Gasteiger partial charge in [-0.05, 0) is 112 Å². The highest BCUT2D eigenvalue weighted by Crippen LogP contribution is 2.51. The van der Waals surface area contributed by atoms with E-state index in [1.807, 2.05) is 12.1 Å². The largest absolute Gasteiger partial charge is 0.449 e. The second-order valence-electron chi connectivity index (χ2n) is 13.8. The molecule has 2 heterocycles. The molecule has 5 aliphatic rings. The number of hydrogen-bond acceptors (Lipinski definition) is 2. The van der Waals surface area contributed by atoms with Gasteiger partial charge in [0, 0.05) is 33.5 Å². The van der Waals surface area contributed by atoms with E-state index < -0.39 is 0 Å². The highest BCUT2D eigenvalue weighted by Gasteiger charge is 2.34. The zero-order valence-corrected chi connectivity index (χ0v) is 27.0. The monoisotopic (exact) mass is 631 g/mol. The second-order valence-corrected chi connectivity index (χ2v) is 13.8. The van der Waals surface area contributed by atoms with Gasteiger partial charge >= 0.3 is 0 Å². The summed E-state index contributed by atoms with van der Waals surface area (Å²) in [7, 11) is 0. The molecule has 4 aliphatic carbocycles. The third-order valence-corrected chi connectivity index (χ3v) is 11.2. The van der Waals surface area contributed by atoms with E-state index in [2.05, 4.69) is 132 Å². The average Bonchev–Trinajstić information content (AvgIpc) is 3.49. The molecule has 49 heavy (non-hydrogen) atoms. The van der Waals surface area contributed by atoms with Crippen molar-refractivity contribution >= 4 is 45.1 Å². The molecular formula is C46H33NO2. The van der Waals surface area contributed by atoms with E-state index in [9.17, 15) is 0 Å². The van der Waals surface area contributed by atoms with Crippen molar-refractivity contribution in [3.8, 4) is 34.1 Å². The minimum Gasteiger partial charge on any atom is -0.449 e. The molecule has 0 radical (unpaired) electrons. The number of benzene rings is 5. The molecule has 2 unspecified atom stereocenters. The van der Waals surface area contributed by atoms with Crippen LogP contribution in [0, 0.1) is 5.92 Å². The third kappa shape index (κ3) is 4.09. The molecule has 0 spiro atoms. The molecule has 1 aliphatic heterocycles. The van der Waals surface area contributed by atoms with Gasteiger partial charge in [0.15, 0.2) is 23.0 Å². The summed E-state index contributed by atoms with van der Waals surface area (Å²) in [5.74, 6) is 3.77. The van der Waals surface area contributed by atoms with Crippen molar-refractivity contribution in [2.75, 3.05) is 0 Å². The molecule has 0 bridgehead atoms. The lowest BCUT2D eigenvalue weighted by atomic mass is 9.67. The maximum absolute atomic E-state index is 6.45. The third-order valence-electron chi connectivity index (χ3n) is 11.2. The maximum Gasteiger partial charge on any atom is 0.170 e. The first-order valence-corrected chi connectivity index (χ1v) is 17.5. The number of aromatic nitrogens is 1. The highest BCUT2D eigenvalue weighted by atomic mass is 16.6. The van der Waals surface area contributed by atoms with Crippen LogP contribution in [0.15, 0.2) is 133 Å². The summed E-state index contributed by atoms with van der Waals surface area (Å²) in [5.41, 5.74) is 10.9. The van der Waals surface area contributed by atoms with Crippen molar-refractivity contribution in [1.29, 1.82) is 0 Å². The fourth-order valence-electron chi connectivity index (χ4n) is 8.90. The molecule has 2 atom stereocenters. The van der Waals surface area contributed by atoms with Crippen LogP contribution in [0.5, 0.6) is 23.0 Å². The Morgan fingerprint density at radius 2 is 1.33 bits per heavy atom. The van der Waals surface area contributed by atoms with Gasteiger partial charge < -0.3 is 14.0 Å². The van der Waals surface area contributed by atoms with Gasteiger partial charge in [-0.15, -0.1) is 0 Å². The molecule has 0 saturated heterocycles. The lowest BCUT2D eigenvalue weighted by molar-refractivity contribution is 0.360. The van der Waals surface area contributed by atoms with Crippen molar-refractivity contribution in [3.63, 3.8) is 0 Å². The Bertz CT molecular complexity index is 2680. The van der Waals surface area contributed by atoms with E-state index >= 15 is 0 Å². The Labute approximate surface area is 284 Å². The van der Waals surface area contributed by atoms with Crippen LogP contribution in [0.25, 0.3) is 56.2 Å². The molecular weight excluding hydrogens is 599 g/mol. The molecule has 234 valence electrons. The molecule has 0 fully saturated rings. The molecule has 3 nitrogen and oxygen atoms in total. The van der Waals surface area contributed by atoms with E-state index in [0.29, 0.717) is 11.8 Å². The smallest absolute Gasteiger partial charge is 0.170 e. The normalized spacial score (nSPS) is 19.6. The van der Waals surface area contributed by atoms with Crippen LogP contribution in [0.2, 0.25) is 0 Å². The van der Waals surface area contributed by atoms with Gasteiger partial charge in [0.05, 0.1) is 5.52 Å². The van der Waals surface area contributed by atoms with Crippen molar-refractivity contribution in [2.24, 2.45) is 5.92 Å². The first kappa shape index (κ1) is 27.2. The van der Waals surface area contributed by atoms with Crippen LogP contribution in [-0.2, 0) is 0 Å². The molecule has 6 aromatic rings. The topological polar surface area (TPSA) is 23.4 Å². The lowest BCUT2D eigenvalue weighted by Gasteiger charge is -2.37. The van der Waals surface area contributed by atoms with Crippen LogP contribution in [0.3, 0.4) is 0 Å². The van der Waals surface area contributed by atoms with E-state index in [-0.39, 0.29) is 0 Å². The van der Waals surface area contributed by atoms with E-state index in [1.54, 1.807) is 0 Å².